The van der Waals surface area contributed by atoms with E-state index in [9.17, 15) is 13.2 Å². The summed E-state index contributed by atoms with van der Waals surface area (Å²) >= 11 is 0. The molecule has 1 amide bonds. The third-order valence-electron chi connectivity index (χ3n) is 3.43. The van der Waals surface area contributed by atoms with Gasteiger partial charge in [-0.2, -0.15) is 0 Å². The van der Waals surface area contributed by atoms with E-state index in [0.717, 1.165) is 12.7 Å². The van der Waals surface area contributed by atoms with E-state index >= 15 is 0 Å². The molecule has 0 spiro atoms. The van der Waals surface area contributed by atoms with Crippen LogP contribution in [0.2, 0.25) is 0 Å². The number of aromatic nitrogens is 3. The molecule has 0 unspecified atom stereocenters. The average molecular weight is 338 g/mol. The van der Waals surface area contributed by atoms with Crippen LogP contribution in [0.15, 0.2) is 34.2 Å². The molecule has 9 heteroatoms. The summed E-state index contributed by atoms with van der Waals surface area (Å²) in [4.78, 5) is 16.2. The zero-order valence-corrected chi connectivity index (χ0v) is 13.9. The van der Waals surface area contributed by atoms with E-state index in [2.05, 4.69) is 20.5 Å². The molecule has 2 aromatic rings. The highest BCUT2D eigenvalue weighted by atomic mass is 32.2. The molecule has 8 nitrogen and oxygen atoms in total. The van der Waals surface area contributed by atoms with Gasteiger partial charge in [-0.25, -0.2) is 8.42 Å². The van der Waals surface area contributed by atoms with Crippen LogP contribution >= 0.6 is 0 Å². The molecule has 2 atom stereocenters. The molecule has 124 valence electrons. The Balaban J connectivity index is 2.28. The van der Waals surface area contributed by atoms with Gasteiger partial charge in [0.05, 0.1) is 5.56 Å². The molecule has 0 aliphatic carbocycles. The maximum Gasteiger partial charge on any atom is 0.335 e. The van der Waals surface area contributed by atoms with Crippen molar-refractivity contribution >= 4 is 15.7 Å². The fourth-order valence-corrected chi connectivity index (χ4v) is 2.33. The highest BCUT2D eigenvalue weighted by molar-refractivity contribution is 7.90. The standard InChI is InChI=1S/C14H18N4O4S/c1-4-9(2)11(13-17-18-14(22-13)23(3,20)21)16-12(19)10-6-5-7-15-8-10/h5-9,11H,4H2,1-3H3,(H,16,19)/t9-,11+/m1/s1. The number of amides is 1. The Bertz CT molecular complexity index is 773. The molecule has 2 aromatic heterocycles. The van der Waals surface area contributed by atoms with Crippen molar-refractivity contribution in [3.63, 3.8) is 0 Å². The number of rotatable bonds is 6. The van der Waals surface area contributed by atoms with Crippen molar-refractivity contribution in [1.82, 2.24) is 20.5 Å². The average Bonchev–Trinajstić information content (AvgIpc) is 3.02. The van der Waals surface area contributed by atoms with Crippen LogP contribution in [0, 0.1) is 5.92 Å². The van der Waals surface area contributed by atoms with Crippen LogP contribution in [-0.2, 0) is 9.84 Å². The van der Waals surface area contributed by atoms with Gasteiger partial charge in [-0.05, 0) is 18.1 Å². The lowest BCUT2D eigenvalue weighted by molar-refractivity contribution is 0.0911. The third kappa shape index (κ3) is 4.13. The summed E-state index contributed by atoms with van der Waals surface area (Å²) in [7, 11) is -3.59. The Morgan fingerprint density at radius 3 is 2.65 bits per heavy atom. The van der Waals surface area contributed by atoms with Crippen molar-refractivity contribution in [2.24, 2.45) is 5.92 Å². The first-order chi connectivity index (χ1) is 10.8. The van der Waals surface area contributed by atoms with Gasteiger partial charge in [0.15, 0.2) is 0 Å². The van der Waals surface area contributed by atoms with Crippen molar-refractivity contribution in [3.8, 4) is 0 Å². The van der Waals surface area contributed by atoms with E-state index in [1.165, 1.54) is 6.20 Å². The normalized spacial score (nSPS) is 14.2. The summed E-state index contributed by atoms with van der Waals surface area (Å²) in [5.41, 5.74) is 0.392. The second-order valence-electron chi connectivity index (χ2n) is 5.26. The largest absolute Gasteiger partial charge is 0.410 e. The molecule has 2 heterocycles. The number of carbonyl (C=O) groups excluding carboxylic acids is 1. The van der Waals surface area contributed by atoms with Crippen LogP contribution in [0.4, 0.5) is 0 Å². The minimum atomic E-state index is -3.59. The van der Waals surface area contributed by atoms with Crippen molar-refractivity contribution in [3.05, 3.63) is 36.0 Å². The Kier molecular flexibility index (Phi) is 5.09. The number of hydrogen-bond acceptors (Lipinski definition) is 7. The fraction of sp³-hybridized carbons (Fsp3) is 0.429. The van der Waals surface area contributed by atoms with Crippen LogP contribution < -0.4 is 5.32 Å². The Morgan fingerprint density at radius 1 is 1.39 bits per heavy atom. The highest BCUT2D eigenvalue weighted by Crippen LogP contribution is 2.24. The molecule has 0 fully saturated rings. The molecule has 1 N–H and O–H groups in total. The minimum absolute atomic E-state index is 0.0246. The summed E-state index contributed by atoms with van der Waals surface area (Å²) < 4.78 is 28.1. The van der Waals surface area contributed by atoms with E-state index in [1.54, 1.807) is 18.3 Å². The van der Waals surface area contributed by atoms with E-state index in [1.807, 2.05) is 13.8 Å². The van der Waals surface area contributed by atoms with E-state index < -0.39 is 21.1 Å². The highest BCUT2D eigenvalue weighted by Gasteiger charge is 2.28. The molecule has 0 aromatic carbocycles. The Hall–Kier alpha value is -2.29. The Labute approximate surface area is 134 Å². The second kappa shape index (κ2) is 6.86. The number of nitrogens with zero attached hydrogens (tertiary/aromatic N) is 3. The smallest absolute Gasteiger partial charge is 0.335 e. The lowest BCUT2D eigenvalue weighted by Crippen LogP contribution is -2.32. The van der Waals surface area contributed by atoms with E-state index in [4.69, 9.17) is 4.42 Å². The summed E-state index contributed by atoms with van der Waals surface area (Å²) in [6.07, 6.45) is 4.73. The predicted octanol–water partition coefficient (Wildman–Crippen LogP) is 1.39. The number of sulfone groups is 1. The van der Waals surface area contributed by atoms with Gasteiger partial charge < -0.3 is 9.73 Å². The lowest BCUT2D eigenvalue weighted by atomic mass is 9.99. The maximum absolute atomic E-state index is 12.3. The van der Waals surface area contributed by atoms with Gasteiger partial charge in [-0.1, -0.05) is 25.4 Å². The number of hydrogen-bond donors (Lipinski definition) is 1. The van der Waals surface area contributed by atoms with E-state index in [-0.39, 0.29) is 17.7 Å². The number of nitrogens with one attached hydrogen (secondary N) is 1. The first-order valence-corrected chi connectivity index (χ1v) is 8.96. The molecule has 0 aliphatic rings. The number of carbonyl (C=O) groups is 1. The monoisotopic (exact) mass is 338 g/mol. The zero-order chi connectivity index (χ0) is 17.0. The second-order valence-corrected chi connectivity index (χ2v) is 7.15. The molecular formula is C14H18N4O4S. The van der Waals surface area contributed by atoms with Crippen LogP contribution in [0.3, 0.4) is 0 Å². The predicted molar refractivity (Wildman–Crippen MR) is 81.3 cm³/mol. The van der Waals surface area contributed by atoms with Gasteiger partial charge in [-0.15, -0.1) is 5.10 Å². The SMILES string of the molecule is CC[C@@H](C)[C@H](NC(=O)c1cccnc1)c1nnc(S(C)(=O)=O)o1. The summed E-state index contributed by atoms with van der Waals surface area (Å²) in [5.74, 6) is -0.303. The van der Waals surface area contributed by atoms with Gasteiger partial charge in [0.25, 0.3) is 5.91 Å². The topological polar surface area (TPSA) is 115 Å². The first kappa shape index (κ1) is 17.1. The molecule has 0 radical (unpaired) electrons. The van der Waals surface area contributed by atoms with E-state index in [0.29, 0.717) is 5.56 Å². The molecule has 0 saturated carbocycles. The lowest BCUT2D eigenvalue weighted by Gasteiger charge is -2.20. The first-order valence-electron chi connectivity index (χ1n) is 7.07. The Morgan fingerprint density at radius 2 is 2.13 bits per heavy atom. The molecule has 2 rings (SSSR count). The molecule has 0 saturated heterocycles. The van der Waals surface area contributed by atoms with Crippen molar-refractivity contribution in [2.45, 2.75) is 31.5 Å². The zero-order valence-electron chi connectivity index (χ0n) is 13.1. The molecule has 0 aliphatic heterocycles. The van der Waals surface area contributed by atoms with Gasteiger partial charge in [0.1, 0.15) is 6.04 Å². The van der Waals surface area contributed by atoms with Crippen molar-refractivity contribution in [1.29, 1.82) is 0 Å². The van der Waals surface area contributed by atoms with Gasteiger partial charge in [0, 0.05) is 18.6 Å². The maximum atomic E-state index is 12.3. The summed E-state index contributed by atoms with van der Waals surface area (Å²) in [6.45, 7) is 3.85. The minimum Gasteiger partial charge on any atom is -0.410 e. The van der Waals surface area contributed by atoms with Crippen LogP contribution in [0.25, 0.3) is 0 Å². The molecule has 23 heavy (non-hydrogen) atoms. The third-order valence-corrected chi connectivity index (χ3v) is 4.23. The quantitative estimate of drug-likeness (QED) is 0.846. The van der Waals surface area contributed by atoms with Gasteiger partial charge in [-0.3, -0.25) is 9.78 Å². The molecule has 0 bridgehead atoms. The fourth-order valence-electron chi connectivity index (χ4n) is 1.90. The summed E-state index contributed by atoms with van der Waals surface area (Å²) in [6, 6.07) is 2.70. The summed E-state index contributed by atoms with van der Waals surface area (Å²) in [5, 5.41) is 9.64. The van der Waals surface area contributed by atoms with Crippen LogP contribution in [0.5, 0.6) is 0 Å². The van der Waals surface area contributed by atoms with Gasteiger partial charge in [0.2, 0.25) is 15.7 Å². The van der Waals surface area contributed by atoms with Crippen molar-refractivity contribution < 1.29 is 17.6 Å². The van der Waals surface area contributed by atoms with Crippen LogP contribution in [-0.4, -0.2) is 35.8 Å². The van der Waals surface area contributed by atoms with Crippen LogP contribution in [0.1, 0.15) is 42.6 Å². The van der Waals surface area contributed by atoms with Gasteiger partial charge >= 0.3 is 5.22 Å². The number of pyridine rings is 1. The van der Waals surface area contributed by atoms with Crippen molar-refractivity contribution in [2.75, 3.05) is 6.26 Å². The molecular weight excluding hydrogens is 320 g/mol.